The highest BCUT2D eigenvalue weighted by Crippen LogP contribution is 2.36. The van der Waals surface area contributed by atoms with Crippen LogP contribution in [0.2, 0.25) is 0 Å². The maximum Gasteiger partial charge on any atom is 0.198 e. The first kappa shape index (κ1) is 22.0. The van der Waals surface area contributed by atoms with Gasteiger partial charge in [0.2, 0.25) is 0 Å². The van der Waals surface area contributed by atoms with Crippen molar-refractivity contribution in [2.45, 2.75) is 58.5 Å². The predicted octanol–water partition coefficient (Wildman–Crippen LogP) is 5.29. The van der Waals surface area contributed by atoms with E-state index in [9.17, 15) is 14.7 Å². The number of hydrogen-bond donors (Lipinski definition) is 1. The molecule has 2 aromatic carbocycles. The second-order valence-electron chi connectivity index (χ2n) is 7.73. The fourth-order valence-corrected chi connectivity index (χ4v) is 3.87. The number of unbranched alkanes of at least 4 members (excludes halogenated alkanes) is 2. The van der Waals surface area contributed by atoms with E-state index in [1.165, 1.54) is 0 Å². The minimum atomic E-state index is -0.491. The van der Waals surface area contributed by atoms with E-state index in [-0.39, 0.29) is 18.2 Å². The first-order valence-electron chi connectivity index (χ1n) is 10.9. The minimum absolute atomic E-state index is 0.144. The van der Waals surface area contributed by atoms with Crippen LogP contribution in [0.3, 0.4) is 0 Å². The average Bonchev–Trinajstić information content (AvgIpc) is 2.76. The van der Waals surface area contributed by atoms with Gasteiger partial charge in [0.25, 0.3) is 0 Å². The molecule has 0 fully saturated rings. The molecule has 2 aromatic rings. The summed E-state index contributed by atoms with van der Waals surface area (Å²) in [6.07, 6.45) is 8.65. The maximum absolute atomic E-state index is 13.2. The van der Waals surface area contributed by atoms with Crippen LogP contribution < -0.4 is 4.74 Å². The summed E-state index contributed by atoms with van der Waals surface area (Å²) in [4.78, 5) is 26.2. The number of fused-ring (bicyclic) bond motifs is 2. The Balaban J connectivity index is 1.85. The number of carbonyl (C=O) groups excluding carboxylic acids is 2. The van der Waals surface area contributed by atoms with Crippen LogP contribution in [-0.2, 0) is 6.42 Å². The Morgan fingerprint density at radius 2 is 1.67 bits per heavy atom. The molecule has 30 heavy (non-hydrogen) atoms. The fourth-order valence-electron chi connectivity index (χ4n) is 3.87. The highest BCUT2D eigenvalue weighted by atomic mass is 16.5. The highest BCUT2D eigenvalue weighted by Gasteiger charge is 2.33. The molecule has 0 saturated carbocycles. The van der Waals surface area contributed by atoms with E-state index in [2.05, 4.69) is 13.8 Å². The lowest BCUT2D eigenvalue weighted by atomic mass is 9.82. The minimum Gasteiger partial charge on any atom is -0.488 e. The molecule has 1 aliphatic rings. The number of carbonyl (C=O) groups is 2. The molecular weight excluding hydrogens is 376 g/mol. The lowest BCUT2D eigenvalue weighted by Gasteiger charge is -2.22. The molecule has 0 bridgehead atoms. The number of rotatable bonds is 10. The summed E-state index contributed by atoms with van der Waals surface area (Å²) >= 11 is 0. The molecular formula is C26H30O4. The topological polar surface area (TPSA) is 63.6 Å². The molecule has 0 aromatic heterocycles. The molecule has 1 unspecified atom stereocenters. The summed E-state index contributed by atoms with van der Waals surface area (Å²) in [6, 6.07) is 10.6. The van der Waals surface area contributed by atoms with Crippen LogP contribution in [-0.4, -0.2) is 29.4 Å². The van der Waals surface area contributed by atoms with Crippen molar-refractivity contribution >= 4 is 11.6 Å². The van der Waals surface area contributed by atoms with E-state index in [0.29, 0.717) is 28.0 Å². The predicted molar refractivity (Wildman–Crippen MR) is 119 cm³/mol. The van der Waals surface area contributed by atoms with Gasteiger partial charge in [0.15, 0.2) is 11.6 Å². The first-order chi connectivity index (χ1) is 14.6. The van der Waals surface area contributed by atoms with Gasteiger partial charge in [0, 0.05) is 16.7 Å². The Bertz CT molecular complexity index is 942. The summed E-state index contributed by atoms with van der Waals surface area (Å²) in [6.45, 7) is 4.44. The third kappa shape index (κ3) is 4.71. The maximum atomic E-state index is 13.2. The molecule has 1 atom stereocenters. The van der Waals surface area contributed by atoms with Crippen molar-refractivity contribution in [3.8, 4) is 5.75 Å². The number of hydrogen-bond acceptors (Lipinski definition) is 4. The lowest BCUT2D eigenvalue weighted by Crippen LogP contribution is -2.22. The number of aliphatic hydroxyl groups is 1. The van der Waals surface area contributed by atoms with Crippen molar-refractivity contribution in [2.24, 2.45) is 0 Å². The van der Waals surface area contributed by atoms with Gasteiger partial charge in [0.05, 0.1) is 11.7 Å². The van der Waals surface area contributed by atoms with Gasteiger partial charge in [-0.1, -0.05) is 75.9 Å². The summed E-state index contributed by atoms with van der Waals surface area (Å²) < 4.78 is 6.03. The number of ketones is 2. The fraction of sp³-hybridized carbons (Fsp3) is 0.385. The molecule has 1 aliphatic carbocycles. The molecule has 0 spiro atoms. The number of benzene rings is 2. The van der Waals surface area contributed by atoms with E-state index in [1.54, 1.807) is 42.5 Å². The van der Waals surface area contributed by atoms with Crippen molar-refractivity contribution in [1.82, 2.24) is 0 Å². The molecule has 0 amide bonds. The quantitative estimate of drug-likeness (QED) is 0.367. The number of aliphatic hydroxyl groups excluding tert-OH is 1. The normalized spacial score (nSPS) is 14.0. The van der Waals surface area contributed by atoms with E-state index in [4.69, 9.17) is 4.74 Å². The van der Waals surface area contributed by atoms with Gasteiger partial charge < -0.3 is 9.84 Å². The largest absolute Gasteiger partial charge is 0.488 e. The van der Waals surface area contributed by atoms with E-state index >= 15 is 0 Å². The van der Waals surface area contributed by atoms with Crippen LogP contribution in [0.25, 0.3) is 0 Å². The molecule has 0 radical (unpaired) electrons. The van der Waals surface area contributed by atoms with Crippen LogP contribution in [0.4, 0.5) is 0 Å². The molecule has 4 heteroatoms. The van der Waals surface area contributed by atoms with Gasteiger partial charge in [-0.05, 0) is 30.5 Å². The molecule has 158 valence electrons. The van der Waals surface area contributed by atoms with Crippen molar-refractivity contribution in [3.63, 3.8) is 0 Å². The lowest BCUT2D eigenvalue weighted by molar-refractivity contribution is 0.0976. The van der Waals surface area contributed by atoms with E-state index < -0.39 is 6.10 Å². The first-order valence-corrected chi connectivity index (χ1v) is 10.9. The van der Waals surface area contributed by atoms with Crippen molar-refractivity contribution in [3.05, 3.63) is 76.4 Å². The average molecular weight is 407 g/mol. The Labute approximate surface area is 178 Å². The zero-order valence-electron chi connectivity index (χ0n) is 17.8. The van der Waals surface area contributed by atoms with Gasteiger partial charge in [0.1, 0.15) is 12.4 Å². The third-order valence-corrected chi connectivity index (χ3v) is 5.43. The van der Waals surface area contributed by atoms with Crippen LogP contribution in [0.5, 0.6) is 5.75 Å². The third-order valence-electron chi connectivity index (χ3n) is 5.43. The molecule has 0 aliphatic heterocycles. The van der Waals surface area contributed by atoms with E-state index in [0.717, 1.165) is 44.1 Å². The molecule has 4 nitrogen and oxygen atoms in total. The highest BCUT2D eigenvalue weighted by molar-refractivity contribution is 6.29. The van der Waals surface area contributed by atoms with Crippen LogP contribution in [0, 0.1) is 0 Å². The zero-order valence-corrected chi connectivity index (χ0v) is 17.8. The summed E-state index contributed by atoms with van der Waals surface area (Å²) in [5, 5.41) is 10.0. The van der Waals surface area contributed by atoms with E-state index in [1.807, 2.05) is 6.07 Å². The Hall–Kier alpha value is -2.72. The number of aryl methyl sites for hydroxylation is 1. The zero-order chi connectivity index (χ0) is 21.5. The smallest absolute Gasteiger partial charge is 0.198 e. The van der Waals surface area contributed by atoms with Gasteiger partial charge in [-0.25, -0.2) is 0 Å². The van der Waals surface area contributed by atoms with Crippen LogP contribution >= 0.6 is 0 Å². The Morgan fingerprint density at radius 1 is 0.933 bits per heavy atom. The van der Waals surface area contributed by atoms with Gasteiger partial charge in [-0.15, -0.1) is 0 Å². The van der Waals surface area contributed by atoms with Crippen molar-refractivity contribution in [2.75, 3.05) is 6.61 Å². The molecule has 0 heterocycles. The van der Waals surface area contributed by atoms with Crippen molar-refractivity contribution in [1.29, 1.82) is 0 Å². The van der Waals surface area contributed by atoms with Gasteiger partial charge in [-0.3, -0.25) is 9.59 Å². The van der Waals surface area contributed by atoms with Crippen molar-refractivity contribution < 1.29 is 19.4 Å². The summed E-state index contributed by atoms with van der Waals surface area (Å²) in [5.74, 6) is 0.180. The van der Waals surface area contributed by atoms with Crippen LogP contribution in [0.15, 0.2) is 48.6 Å². The van der Waals surface area contributed by atoms with Gasteiger partial charge in [-0.2, -0.15) is 0 Å². The summed E-state index contributed by atoms with van der Waals surface area (Å²) in [5.41, 5.74) is 2.56. The van der Waals surface area contributed by atoms with Gasteiger partial charge >= 0.3 is 0 Å². The molecule has 0 saturated heterocycles. The molecule has 1 N–H and O–H groups in total. The monoisotopic (exact) mass is 406 g/mol. The second-order valence-corrected chi connectivity index (χ2v) is 7.73. The Kier molecular flexibility index (Phi) is 7.58. The second kappa shape index (κ2) is 10.4. The molecule has 3 rings (SSSR count). The number of ether oxygens (including phenoxy) is 1. The SMILES string of the molecule is CCCCCC(O)/C=C/COc1c(CCC)ccc2c1C(=O)c1ccccc1C2=O. The Morgan fingerprint density at radius 3 is 2.37 bits per heavy atom. The standard InChI is InChI=1S/C26H30O4/c1-3-5-6-11-19(27)12-9-17-30-26-18(10-4-2)15-16-22-23(26)25(29)21-14-8-7-13-20(21)24(22)28/h7-9,12-16,19,27H,3-6,10-11,17H2,1-2H3/b12-9+. The van der Waals surface area contributed by atoms with Crippen LogP contribution in [0.1, 0.15) is 83.4 Å². The summed E-state index contributed by atoms with van der Waals surface area (Å²) in [7, 11) is 0.